The summed E-state index contributed by atoms with van der Waals surface area (Å²) in [6.07, 6.45) is 3.84. The van der Waals surface area contributed by atoms with Crippen LogP contribution in [0.3, 0.4) is 0 Å². The molecule has 0 aliphatic carbocycles. The number of aromatic amines is 1. The van der Waals surface area contributed by atoms with Gasteiger partial charge in [0.25, 0.3) is 0 Å². The zero-order valence-electron chi connectivity index (χ0n) is 17.8. The topological polar surface area (TPSA) is 87.0 Å². The smallest absolute Gasteiger partial charge is 0.224 e. The molecule has 0 unspecified atom stereocenters. The molecule has 0 atom stereocenters. The molecule has 2 aromatic heterocycles. The third-order valence-electron chi connectivity index (χ3n) is 5.93. The fraction of sp³-hybridized carbons (Fsp3) is 0.292. The maximum Gasteiger partial charge on any atom is 0.224 e. The van der Waals surface area contributed by atoms with Crippen molar-refractivity contribution < 1.29 is 0 Å². The van der Waals surface area contributed by atoms with E-state index in [0.717, 1.165) is 50.4 Å². The normalized spacial score (nSPS) is 14.0. The van der Waals surface area contributed by atoms with Crippen molar-refractivity contribution in [1.82, 2.24) is 19.9 Å². The highest BCUT2D eigenvalue weighted by atomic mass is 15.3. The van der Waals surface area contributed by atoms with Crippen LogP contribution in [0.25, 0.3) is 11.2 Å². The van der Waals surface area contributed by atoms with E-state index >= 15 is 0 Å². The van der Waals surface area contributed by atoms with Crippen molar-refractivity contribution >= 4 is 28.6 Å². The van der Waals surface area contributed by atoms with Gasteiger partial charge < -0.3 is 20.5 Å². The van der Waals surface area contributed by atoms with Crippen molar-refractivity contribution in [3.05, 3.63) is 71.5 Å². The molecule has 1 aliphatic heterocycles. The number of imidazole rings is 1. The van der Waals surface area contributed by atoms with Crippen molar-refractivity contribution in [3.8, 4) is 0 Å². The van der Waals surface area contributed by atoms with Crippen molar-refractivity contribution in [2.24, 2.45) is 0 Å². The van der Waals surface area contributed by atoms with Crippen molar-refractivity contribution in [1.29, 1.82) is 0 Å². The molecule has 0 saturated carbocycles. The SMILES string of the molecule is Cc1ccc(CCCN2CCN(c3nc(N)nc4nc[nH]c34)Cc3ccccc32)cc1. The summed E-state index contributed by atoms with van der Waals surface area (Å²) in [6, 6.07) is 17.5. The Morgan fingerprint density at radius 3 is 2.74 bits per heavy atom. The van der Waals surface area contributed by atoms with Gasteiger partial charge in [0, 0.05) is 31.9 Å². The number of aryl methyl sites for hydroxylation is 2. The van der Waals surface area contributed by atoms with Gasteiger partial charge in [0.15, 0.2) is 11.5 Å². The van der Waals surface area contributed by atoms with Crippen LogP contribution >= 0.6 is 0 Å². The first kappa shape index (κ1) is 19.4. The number of hydrogen-bond acceptors (Lipinski definition) is 6. The average Bonchev–Trinajstić information content (AvgIpc) is 3.16. The Labute approximate surface area is 182 Å². The summed E-state index contributed by atoms with van der Waals surface area (Å²) in [7, 11) is 0. The number of H-pyrrole nitrogens is 1. The lowest BCUT2D eigenvalue weighted by atomic mass is 10.1. The summed E-state index contributed by atoms with van der Waals surface area (Å²) in [5.41, 5.74) is 12.7. The van der Waals surface area contributed by atoms with Gasteiger partial charge in [-0.2, -0.15) is 9.97 Å². The first-order valence-electron chi connectivity index (χ1n) is 10.8. The zero-order chi connectivity index (χ0) is 21.2. The Kier molecular flexibility index (Phi) is 5.16. The van der Waals surface area contributed by atoms with Gasteiger partial charge in [-0.3, -0.25) is 0 Å². The summed E-state index contributed by atoms with van der Waals surface area (Å²) < 4.78 is 0. The largest absolute Gasteiger partial charge is 0.369 e. The van der Waals surface area contributed by atoms with Crippen LogP contribution in [-0.2, 0) is 13.0 Å². The quantitative estimate of drug-likeness (QED) is 0.519. The van der Waals surface area contributed by atoms with Crippen LogP contribution in [0.2, 0.25) is 0 Å². The van der Waals surface area contributed by atoms with Gasteiger partial charge >= 0.3 is 0 Å². The van der Waals surface area contributed by atoms with E-state index in [0.29, 0.717) is 5.65 Å². The lowest BCUT2D eigenvalue weighted by Gasteiger charge is -2.25. The molecule has 5 rings (SSSR count). The number of para-hydroxylation sites is 1. The Bertz CT molecular complexity index is 1180. The Morgan fingerprint density at radius 1 is 1.03 bits per heavy atom. The highest BCUT2D eigenvalue weighted by Crippen LogP contribution is 2.30. The first-order valence-corrected chi connectivity index (χ1v) is 10.8. The highest BCUT2D eigenvalue weighted by Gasteiger charge is 2.23. The van der Waals surface area contributed by atoms with Crippen LogP contribution in [0.5, 0.6) is 0 Å². The molecule has 3 N–H and O–H groups in total. The number of rotatable bonds is 5. The van der Waals surface area contributed by atoms with Gasteiger partial charge in [-0.15, -0.1) is 0 Å². The summed E-state index contributed by atoms with van der Waals surface area (Å²) >= 11 is 0. The van der Waals surface area contributed by atoms with Gasteiger partial charge in [-0.05, 0) is 37.0 Å². The van der Waals surface area contributed by atoms with Crippen molar-refractivity contribution in [2.75, 3.05) is 35.2 Å². The zero-order valence-corrected chi connectivity index (χ0v) is 17.8. The number of nitrogen functional groups attached to an aromatic ring is 1. The van der Waals surface area contributed by atoms with Crippen molar-refractivity contribution in [2.45, 2.75) is 26.3 Å². The average molecular weight is 414 g/mol. The molecule has 2 aromatic carbocycles. The minimum absolute atomic E-state index is 0.252. The number of fused-ring (bicyclic) bond motifs is 2. The molecule has 0 spiro atoms. The molecule has 0 bridgehead atoms. The molecular formula is C24H27N7. The van der Waals surface area contributed by atoms with Crippen LogP contribution in [0, 0.1) is 6.92 Å². The molecule has 31 heavy (non-hydrogen) atoms. The fourth-order valence-electron chi connectivity index (χ4n) is 4.30. The molecule has 7 nitrogen and oxygen atoms in total. The van der Waals surface area contributed by atoms with E-state index in [1.165, 1.54) is 22.4 Å². The molecule has 0 amide bonds. The Morgan fingerprint density at radius 2 is 1.87 bits per heavy atom. The number of nitrogens with two attached hydrogens (primary N) is 1. The number of nitrogens with zero attached hydrogens (tertiary/aromatic N) is 5. The predicted octanol–water partition coefficient (Wildman–Crippen LogP) is 3.70. The first-order chi connectivity index (χ1) is 15.2. The van der Waals surface area contributed by atoms with Crippen LogP contribution in [0.1, 0.15) is 23.1 Å². The number of benzene rings is 2. The lowest BCUT2D eigenvalue weighted by molar-refractivity contribution is 0.714. The highest BCUT2D eigenvalue weighted by molar-refractivity contribution is 5.84. The number of aromatic nitrogens is 4. The molecule has 158 valence electrons. The van der Waals surface area contributed by atoms with E-state index in [-0.39, 0.29) is 5.95 Å². The van der Waals surface area contributed by atoms with E-state index < -0.39 is 0 Å². The summed E-state index contributed by atoms with van der Waals surface area (Å²) in [6.45, 7) is 5.69. The van der Waals surface area contributed by atoms with Crippen LogP contribution < -0.4 is 15.5 Å². The van der Waals surface area contributed by atoms with E-state index in [9.17, 15) is 0 Å². The minimum Gasteiger partial charge on any atom is -0.369 e. The molecule has 3 heterocycles. The number of nitrogens with one attached hydrogen (secondary N) is 1. The fourth-order valence-corrected chi connectivity index (χ4v) is 4.30. The predicted molar refractivity (Wildman–Crippen MR) is 125 cm³/mol. The van der Waals surface area contributed by atoms with E-state index in [1.807, 2.05) is 0 Å². The third-order valence-corrected chi connectivity index (χ3v) is 5.93. The van der Waals surface area contributed by atoms with Gasteiger partial charge in [-0.1, -0.05) is 48.0 Å². The maximum atomic E-state index is 5.97. The molecule has 0 fully saturated rings. The second kappa shape index (κ2) is 8.26. The molecule has 7 heteroatoms. The molecule has 0 saturated heterocycles. The van der Waals surface area contributed by atoms with E-state index in [4.69, 9.17) is 5.73 Å². The van der Waals surface area contributed by atoms with Gasteiger partial charge in [-0.25, -0.2) is 4.98 Å². The molecule has 1 aliphatic rings. The van der Waals surface area contributed by atoms with E-state index in [2.05, 4.69) is 85.2 Å². The van der Waals surface area contributed by atoms with Crippen LogP contribution in [-0.4, -0.2) is 39.6 Å². The second-order valence-electron chi connectivity index (χ2n) is 8.13. The summed E-state index contributed by atoms with van der Waals surface area (Å²) in [4.78, 5) is 21.0. The molecule has 0 radical (unpaired) electrons. The number of hydrogen-bond donors (Lipinski definition) is 2. The molecule has 4 aromatic rings. The second-order valence-corrected chi connectivity index (χ2v) is 8.13. The van der Waals surface area contributed by atoms with Crippen molar-refractivity contribution in [3.63, 3.8) is 0 Å². The van der Waals surface area contributed by atoms with Crippen LogP contribution in [0.4, 0.5) is 17.5 Å². The Hall–Kier alpha value is -3.61. The maximum absolute atomic E-state index is 5.97. The van der Waals surface area contributed by atoms with Gasteiger partial charge in [0.2, 0.25) is 5.95 Å². The van der Waals surface area contributed by atoms with E-state index in [1.54, 1.807) is 6.33 Å². The minimum atomic E-state index is 0.252. The summed E-state index contributed by atoms with van der Waals surface area (Å²) in [5, 5.41) is 0. The van der Waals surface area contributed by atoms with Gasteiger partial charge in [0.1, 0.15) is 5.52 Å². The standard InChI is InChI=1S/C24H27N7/c1-17-8-10-18(11-9-17)5-4-12-30-13-14-31(15-19-6-2-3-7-20(19)30)23-21-22(27-16-26-21)28-24(25)29-23/h2-3,6-11,16H,4-5,12-15H2,1H3,(H3,25,26,27,28,29). The van der Waals surface area contributed by atoms with Gasteiger partial charge in [0.05, 0.1) is 6.33 Å². The third kappa shape index (κ3) is 4.03. The number of anilines is 3. The summed E-state index contributed by atoms with van der Waals surface area (Å²) in [5.74, 6) is 1.07. The molecular weight excluding hydrogens is 386 g/mol. The monoisotopic (exact) mass is 413 g/mol. The lowest BCUT2D eigenvalue weighted by Crippen LogP contribution is -2.33. The van der Waals surface area contributed by atoms with Crippen LogP contribution in [0.15, 0.2) is 54.9 Å². The Balaban J connectivity index is 1.37.